The zero-order chi connectivity index (χ0) is 86.4. The maximum Gasteiger partial charge on any atom is 0.260 e. The van der Waals surface area contributed by atoms with Crippen LogP contribution in [0, 0.1) is 73.0 Å². The van der Waals surface area contributed by atoms with Gasteiger partial charge in [0.25, 0.3) is 34.7 Å². The van der Waals surface area contributed by atoms with E-state index >= 15 is 0 Å². The van der Waals surface area contributed by atoms with Crippen molar-refractivity contribution in [3.8, 4) is 11.8 Å². The van der Waals surface area contributed by atoms with E-state index in [4.69, 9.17) is 0 Å². The third kappa shape index (κ3) is 31.7. The van der Waals surface area contributed by atoms with Gasteiger partial charge in [0.05, 0.1) is 46.1 Å². The van der Waals surface area contributed by atoms with E-state index in [0.717, 1.165) is 11.4 Å². The van der Waals surface area contributed by atoms with Gasteiger partial charge in [-0.3, -0.25) is 57.5 Å². The van der Waals surface area contributed by atoms with Gasteiger partial charge in [-0.1, -0.05) is 165 Å². The molecular weight excluding hydrogens is 1450 g/mol. The van der Waals surface area contributed by atoms with Gasteiger partial charge < -0.3 is 83.6 Å². The second-order valence-corrected chi connectivity index (χ2v) is 29.0. The van der Waals surface area contributed by atoms with Crippen LogP contribution in [0.3, 0.4) is 0 Å². The van der Waals surface area contributed by atoms with E-state index in [1.54, 1.807) is 40.1 Å². The van der Waals surface area contributed by atoms with Crippen LogP contribution in [0.4, 0.5) is 0 Å². The van der Waals surface area contributed by atoms with Gasteiger partial charge in [-0.2, -0.15) is 40.8 Å². The zero-order valence-electron chi connectivity index (χ0n) is 68.3. The molecule has 6 aliphatic rings. The molecule has 6 aliphatic heterocycles. The zero-order valence-corrected chi connectivity index (χ0v) is 68.3. The molecular formula is C74H114N22O16. The maximum atomic E-state index is 11.2. The summed E-state index contributed by atoms with van der Waals surface area (Å²) in [6, 6.07) is 0. The number of H-pyrrole nitrogens is 4. The van der Waals surface area contributed by atoms with E-state index in [0.29, 0.717) is 69.1 Å². The molecule has 0 saturated carbocycles. The summed E-state index contributed by atoms with van der Waals surface area (Å²) in [7, 11) is 0. The number of aromatic nitrogens is 10. The van der Waals surface area contributed by atoms with Crippen LogP contribution in [-0.4, -0.2) is 142 Å². The average Bonchev–Trinajstić information content (AvgIpc) is 1.62. The molecule has 0 aromatic carbocycles. The number of aromatic amines is 4. The Morgan fingerprint density at radius 1 is 0.339 bits per heavy atom. The number of hydrogen-bond donors (Lipinski definition) is 18. The summed E-state index contributed by atoms with van der Waals surface area (Å²) in [5.41, 5.74) is 2.95. The highest BCUT2D eigenvalue weighted by Crippen LogP contribution is 2.23. The monoisotopic (exact) mass is 1570 g/mol. The van der Waals surface area contributed by atoms with Crippen LogP contribution in [0.1, 0.15) is 210 Å². The number of carbonyl (C=O) groups excluding carboxylic acids is 10. The van der Waals surface area contributed by atoms with Crippen molar-refractivity contribution in [1.29, 1.82) is 0 Å². The standard InChI is InChI=1S/8C8H12N2O2.2C5H9N3/c8*1-4(2)6-7(11)9-5(3)10-8(6)12;2*1-4(2)5-3-6-8-7-5/h2*4H,1-3H3,(H2,9,10,11,12);2*4,6H,1-3H3,(H,9,10,11,12);2*4,9,11H,3H2,1-2H3,(H,10,12);2*4,6H,3H2,1-2H3,(H,9,11)(H,10,12);2*3-4H,1-2H3,(H,6,7,8). The van der Waals surface area contributed by atoms with E-state index in [2.05, 4.69) is 168 Å². The molecule has 2 fully saturated rings. The second kappa shape index (κ2) is 45.6. The van der Waals surface area contributed by atoms with Crippen LogP contribution >= 0.6 is 0 Å². The number of amidine groups is 2. The summed E-state index contributed by atoms with van der Waals surface area (Å²) in [6.07, 6.45) is 3.48. The normalized spacial score (nSPS) is 16.9. The molecule has 38 nitrogen and oxygen atoms in total. The molecule has 0 radical (unpaired) electrons. The number of aryl methyl sites for hydroxylation is 2. The number of nitrogens with zero attached hydrogens (tertiary/aromatic N) is 8. The molecule has 10 rings (SSSR count). The van der Waals surface area contributed by atoms with Crippen molar-refractivity contribution in [3.05, 3.63) is 140 Å². The number of hydrogen-bond acceptors (Lipinski definition) is 24. The molecule has 10 amide bonds. The number of carbonyl (C=O) groups is 10. The minimum absolute atomic E-state index is 0.00866. The van der Waals surface area contributed by atoms with Crippen molar-refractivity contribution in [2.45, 2.75) is 190 Å². The van der Waals surface area contributed by atoms with E-state index in [1.165, 1.54) is 0 Å². The first-order valence-corrected chi connectivity index (χ1v) is 35.9. The predicted octanol–water partition coefficient (Wildman–Crippen LogP) is 5.49. The summed E-state index contributed by atoms with van der Waals surface area (Å²) in [4.78, 5) is 155. The molecule has 112 heavy (non-hydrogen) atoms. The van der Waals surface area contributed by atoms with Crippen molar-refractivity contribution in [2.75, 3.05) is 0 Å². The first-order valence-electron chi connectivity index (χ1n) is 35.9. The molecule has 2 atom stereocenters. The largest absolute Gasteiger partial charge is 0.494 e. The van der Waals surface area contributed by atoms with Crippen LogP contribution in [0.5, 0.6) is 11.8 Å². The van der Waals surface area contributed by atoms with Gasteiger partial charge >= 0.3 is 0 Å². The highest BCUT2D eigenvalue weighted by molar-refractivity contribution is 6.16. The Hall–Kier alpha value is -12.3. The minimum atomic E-state index is -0.603. The molecule has 4 aromatic rings. The first-order chi connectivity index (χ1) is 51.8. The number of amides is 10. The maximum absolute atomic E-state index is 11.2. The molecule has 616 valence electrons. The van der Waals surface area contributed by atoms with Gasteiger partial charge in [-0.25, -0.2) is 9.97 Å². The SMILES string of the molecule is C=C1NC(=O)C(C(C)C)=C(O)N1.C=C1NC(=O)C(C(C)C)=C(O)N1.C=C1NC(=O)C(C(C)C)C(=O)N1.C=C1NC(=O)C(C(C)C)C(=O)N1.CC(C)c1cn[nH]n1.CC(C)c1cn[nH]n1.CC1=NC(=O)C(C(C)C)C(=O)N1.CC1=NC(=O)C(C(C)C)C(=O)N1.Cc1nc(O)c(C(C)C)c(=O)[nH]1.Cc1nc(O)c(C(C)C)c(=O)[nH]1. The lowest BCUT2D eigenvalue weighted by Crippen LogP contribution is -2.51. The predicted molar refractivity (Wildman–Crippen MR) is 418 cm³/mol. The fourth-order valence-electron chi connectivity index (χ4n) is 10.2. The third-order valence-corrected chi connectivity index (χ3v) is 15.7. The van der Waals surface area contributed by atoms with Gasteiger partial charge in [0.15, 0.2) is 11.8 Å². The molecule has 18 N–H and O–H groups in total. The van der Waals surface area contributed by atoms with Gasteiger partial charge in [0.2, 0.25) is 47.2 Å². The third-order valence-electron chi connectivity index (χ3n) is 15.7. The van der Waals surface area contributed by atoms with Crippen molar-refractivity contribution in [1.82, 2.24) is 104 Å². The van der Waals surface area contributed by atoms with E-state index in [9.17, 15) is 78.0 Å². The topological polar surface area (TPSA) is 571 Å². The Kier molecular flexibility index (Phi) is 39.8. The summed E-state index contributed by atoms with van der Waals surface area (Å²) < 4.78 is 0. The Balaban J connectivity index is 0.000000624. The van der Waals surface area contributed by atoms with Crippen LogP contribution in [-0.2, 0) is 47.9 Å². The molecule has 2 unspecified atom stereocenters. The van der Waals surface area contributed by atoms with Crippen LogP contribution in [0.2, 0.25) is 0 Å². The highest BCUT2D eigenvalue weighted by atomic mass is 16.3. The Labute approximate surface area is 651 Å². The number of aliphatic imine (C=N–C) groups is 2. The fraction of sp³-hybridized carbons (Fsp3) is 0.514. The number of aromatic hydroxyl groups is 2. The van der Waals surface area contributed by atoms with Crippen LogP contribution in [0.25, 0.3) is 0 Å². The smallest absolute Gasteiger partial charge is 0.260 e. The fourth-order valence-corrected chi connectivity index (χ4v) is 10.2. The van der Waals surface area contributed by atoms with E-state index in [1.807, 2.05) is 111 Å². The summed E-state index contributed by atoms with van der Waals surface area (Å²) in [6.45, 7) is 58.0. The average molecular weight is 1570 g/mol. The van der Waals surface area contributed by atoms with Crippen LogP contribution in [0.15, 0.2) is 104 Å². The van der Waals surface area contributed by atoms with Crippen LogP contribution < -0.4 is 64.3 Å². The Morgan fingerprint density at radius 3 is 0.786 bits per heavy atom. The minimum Gasteiger partial charge on any atom is -0.494 e. The molecule has 38 heteroatoms. The van der Waals surface area contributed by atoms with E-state index < -0.39 is 23.7 Å². The Bertz CT molecular complexity index is 3970. The van der Waals surface area contributed by atoms with Crippen molar-refractivity contribution in [3.63, 3.8) is 0 Å². The van der Waals surface area contributed by atoms with Crippen molar-refractivity contribution < 1.29 is 68.4 Å². The van der Waals surface area contributed by atoms with Crippen molar-refractivity contribution in [2.24, 2.45) is 69.2 Å². The van der Waals surface area contributed by atoms with Gasteiger partial charge in [-0.15, -0.1) is 0 Å². The lowest BCUT2D eigenvalue weighted by molar-refractivity contribution is -0.140. The van der Waals surface area contributed by atoms with Gasteiger partial charge in [0.1, 0.15) is 70.3 Å². The molecule has 4 aromatic heterocycles. The summed E-state index contributed by atoms with van der Waals surface area (Å²) in [5, 5.41) is 82.5. The molecule has 0 spiro atoms. The van der Waals surface area contributed by atoms with Crippen molar-refractivity contribution >= 4 is 70.7 Å². The molecule has 2 saturated heterocycles. The van der Waals surface area contributed by atoms with Gasteiger partial charge in [0, 0.05) is 0 Å². The number of aliphatic hydroxyl groups is 2. The number of nitrogens with one attached hydrogen (secondary N) is 14. The van der Waals surface area contributed by atoms with Gasteiger partial charge in [-0.05, 0) is 86.9 Å². The van der Waals surface area contributed by atoms with E-state index in [-0.39, 0.29) is 153 Å². The lowest BCUT2D eigenvalue weighted by Gasteiger charge is -2.25. The Morgan fingerprint density at radius 2 is 0.598 bits per heavy atom. The molecule has 10 heterocycles. The first kappa shape index (κ1) is 97.7. The molecule has 0 aliphatic carbocycles. The molecule has 0 bridgehead atoms. The number of rotatable bonds is 10. The second-order valence-electron chi connectivity index (χ2n) is 29.0. The highest BCUT2D eigenvalue weighted by Gasteiger charge is 2.37. The lowest BCUT2D eigenvalue weighted by atomic mass is 9.93. The quantitative estimate of drug-likeness (QED) is 0.0872. The summed E-state index contributed by atoms with van der Waals surface area (Å²) >= 11 is 0. The summed E-state index contributed by atoms with van der Waals surface area (Å²) in [5.74, 6) is -1.90. The number of aliphatic hydroxyl groups excluding tert-OH is 2.